The lowest BCUT2D eigenvalue weighted by Gasteiger charge is -2.23. The number of aryl methyl sites for hydroxylation is 1. The Labute approximate surface area is 103 Å². The van der Waals surface area contributed by atoms with Crippen molar-refractivity contribution in [3.8, 4) is 0 Å². The van der Waals surface area contributed by atoms with Crippen LogP contribution in [-0.2, 0) is 4.74 Å². The molecule has 0 bridgehead atoms. The van der Waals surface area contributed by atoms with E-state index in [1.807, 2.05) is 0 Å². The van der Waals surface area contributed by atoms with Crippen LogP contribution in [0.5, 0.6) is 0 Å². The second kappa shape index (κ2) is 6.38. The van der Waals surface area contributed by atoms with Crippen molar-refractivity contribution in [2.45, 2.75) is 46.3 Å². The van der Waals surface area contributed by atoms with Gasteiger partial charge in [-0.1, -0.05) is 20.8 Å². The predicted molar refractivity (Wildman–Crippen MR) is 70.9 cm³/mol. The first-order chi connectivity index (χ1) is 7.54. The Hall–Kier alpha value is -0.380. The SMILES string of the molecule is CCC(N)C(OCC(C)C)c1ccc(C)s1. The quantitative estimate of drug-likeness (QED) is 0.827. The molecule has 0 radical (unpaired) electrons. The molecule has 0 aliphatic rings. The Balaban J connectivity index is 2.71. The molecule has 0 saturated carbocycles. The molecule has 2 N–H and O–H groups in total. The van der Waals surface area contributed by atoms with E-state index in [0.29, 0.717) is 5.92 Å². The highest BCUT2D eigenvalue weighted by Gasteiger charge is 2.21. The first-order valence-corrected chi connectivity index (χ1v) is 6.79. The molecular weight excluding hydrogens is 218 g/mol. The lowest BCUT2D eigenvalue weighted by atomic mass is 10.1. The van der Waals surface area contributed by atoms with Crippen molar-refractivity contribution < 1.29 is 4.74 Å². The molecule has 0 saturated heterocycles. The Morgan fingerprint density at radius 3 is 2.50 bits per heavy atom. The molecule has 0 spiro atoms. The third kappa shape index (κ3) is 3.89. The zero-order chi connectivity index (χ0) is 12.1. The summed E-state index contributed by atoms with van der Waals surface area (Å²) in [6, 6.07) is 4.37. The van der Waals surface area contributed by atoms with E-state index < -0.39 is 0 Å². The molecule has 0 amide bonds. The second-order valence-electron chi connectivity index (χ2n) is 4.67. The molecule has 2 nitrogen and oxygen atoms in total. The van der Waals surface area contributed by atoms with E-state index in [1.165, 1.54) is 9.75 Å². The fourth-order valence-corrected chi connectivity index (χ4v) is 2.54. The molecule has 16 heavy (non-hydrogen) atoms. The number of hydrogen-bond donors (Lipinski definition) is 1. The Bertz CT molecular complexity index is 309. The maximum Gasteiger partial charge on any atom is 0.107 e. The minimum Gasteiger partial charge on any atom is -0.371 e. The molecule has 2 atom stereocenters. The molecule has 1 heterocycles. The predicted octanol–water partition coefficient (Wildman–Crippen LogP) is 3.51. The van der Waals surface area contributed by atoms with Gasteiger partial charge in [-0.15, -0.1) is 11.3 Å². The summed E-state index contributed by atoms with van der Waals surface area (Å²) in [4.78, 5) is 2.57. The van der Waals surface area contributed by atoms with Gasteiger partial charge in [-0.05, 0) is 31.4 Å². The Morgan fingerprint density at radius 1 is 1.38 bits per heavy atom. The van der Waals surface area contributed by atoms with Crippen molar-refractivity contribution in [3.05, 3.63) is 21.9 Å². The van der Waals surface area contributed by atoms with Gasteiger partial charge in [-0.3, -0.25) is 0 Å². The zero-order valence-electron chi connectivity index (χ0n) is 10.7. The van der Waals surface area contributed by atoms with Gasteiger partial charge in [0.2, 0.25) is 0 Å². The van der Waals surface area contributed by atoms with Crippen LogP contribution in [0, 0.1) is 12.8 Å². The van der Waals surface area contributed by atoms with Gasteiger partial charge >= 0.3 is 0 Å². The fourth-order valence-electron chi connectivity index (χ4n) is 1.53. The molecule has 3 heteroatoms. The fraction of sp³-hybridized carbons (Fsp3) is 0.692. The first-order valence-electron chi connectivity index (χ1n) is 5.98. The average molecular weight is 241 g/mol. The first kappa shape index (κ1) is 13.7. The molecular formula is C13H23NOS. The molecule has 0 aliphatic carbocycles. The van der Waals surface area contributed by atoms with Crippen molar-refractivity contribution in [1.29, 1.82) is 0 Å². The number of thiophene rings is 1. The van der Waals surface area contributed by atoms with E-state index in [1.54, 1.807) is 11.3 Å². The summed E-state index contributed by atoms with van der Waals surface area (Å²) in [7, 11) is 0. The Morgan fingerprint density at radius 2 is 2.06 bits per heavy atom. The molecule has 1 rings (SSSR count). The number of nitrogens with two attached hydrogens (primary N) is 1. The number of rotatable bonds is 6. The van der Waals surface area contributed by atoms with Crippen LogP contribution >= 0.6 is 11.3 Å². The number of ether oxygens (including phenoxy) is 1. The second-order valence-corrected chi connectivity index (χ2v) is 5.99. The van der Waals surface area contributed by atoms with Crippen molar-refractivity contribution in [3.63, 3.8) is 0 Å². The van der Waals surface area contributed by atoms with Crippen molar-refractivity contribution in [2.24, 2.45) is 11.7 Å². The molecule has 0 fully saturated rings. The normalized spacial score (nSPS) is 15.4. The number of hydrogen-bond acceptors (Lipinski definition) is 3. The zero-order valence-corrected chi connectivity index (χ0v) is 11.5. The maximum absolute atomic E-state index is 6.13. The van der Waals surface area contributed by atoms with Gasteiger partial charge in [-0.25, -0.2) is 0 Å². The van der Waals surface area contributed by atoms with Crippen LogP contribution in [0.4, 0.5) is 0 Å². The highest BCUT2D eigenvalue weighted by molar-refractivity contribution is 7.12. The van der Waals surface area contributed by atoms with E-state index >= 15 is 0 Å². The van der Waals surface area contributed by atoms with E-state index in [0.717, 1.165) is 13.0 Å². The molecule has 1 aromatic heterocycles. The summed E-state index contributed by atoms with van der Waals surface area (Å²) in [6.07, 6.45) is 1.01. The van der Waals surface area contributed by atoms with Crippen LogP contribution in [0.2, 0.25) is 0 Å². The topological polar surface area (TPSA) is 35.2 Å². The van der Waals surface area contributed by atoms with Crippen LogP contribution in [-0.4, -0.2) is 12.6 Å². The van der Waals surface area contributed by atoms with Crippen molar-refractivity contribution in [1.82, 2.24) is 0 Å². The largest absolute Gasteiger partial charge is 0.371 e. The molecule has 92 valence electrons. The summed E-state index contributed by atoms with van der Waals surface area (Å²) in [5.41, 5.74) is 6.13. The van der Waals surface area contributed by atoms with E-state index in [4.69, 9.17) is 10.5 Å². The molecule has 2 unspecified atom stereocenters. The molecule has 0 aliphatic heterocycles. The summed E-state index contributed by atoms with van der Waals surface area (Å²) in [6.45, 7) is 9.32. The third-order valence-electron chi connectivity index (χ3n) is 2.51. The summed E-state index contributed by atoms with van der Waals surface area (Å²) >= 11 is 1.79. The van der Waals surface area contributed by atoms with Gasteiger partial charge in [-0.2, -0.15) is 0 Å². The minimum atomic E-state index is 0.0612. The minimum absolute atomic E-state index is 0.0612. The lowest BCUT2D eigenvalue weighted by molar-refractivity contribution is 0.0200. The van der Waals surface area contributed by atoms with Crippen LogP contribution < -0.4 is 5.73 Å². The summed E-state index contributed by atoms with van der Waals surface area (Å²) in [5, 5.41) is 0. The van der Waals surface area contributed by atoms with Gasteiger partial charge in [0.05, 0.1) is 0 Å². The van der Waals surface area contributed by atoms with Crippen molar-refractivity contribution in [2.75, 3.05) is 6.61 Å². The average Bonchev–Trinajstić information content (AvgIpc) is 2.64. The molecule has 0 aromatic carbocycles. The summed E-state index contributed by atoms with van der Waals surface area (Å²) < 4.78 is 5.94. The van der Waals surface area contributed by atoms with Crippen LogP contribution in [0.25, 0.3) is 0 Å². The maximum atomic E-state index is 6.13. The Kier molecular flexibility index (Phi) is 5.46. The van der Waals surface area contributed by atoms with Crippen LogP contribution in [0.1, 0.15) is 43.1 Å². The van der Waals surface area contributed by atoms with Gasteiger partial charge in [0.25, 0.3) is 0 Å². The molecule has 1 aromatic rings. The van der Waals surface area contributed by atoms with E-state index in [9.17, 15) is 0 Å². The monoisotopic (exact) mass is 241 g/mol. The highest BCUT2D eigenvalue weighted by atomic mass is 32.1. The van der Waals surface area contributed by atoms with Crippen LogP contribution in [0.3, 0.4) is 0 Å². The van der Waals surface area contributed by atoms with Gasteiger partial charge < -0.3 is 10.5 Å². The van der Waals surface area contributed by atoms with Crippen LogP contribution in [0.15, 0.2) is 12.1 Å². The third-order valence-corrected chi connectivity index (χ3v) is 3.57. The summed E-state index contributed by atoms with van der Waals surface area (Å²) in [5.74, 6) is 0.549. The lowest BCUT2D eigenvalue weighted by Crippen LogP contribution is -2.29. The van der Waals surface area contributed by atoms with Gasteiger partial charge in [0.1, 0.15) is 6.10 Å². The van der Waals surface area contributed by atoms with E-state index in [2.05, 4.69) is 39.8 Å². The smallest absolute Gasteiger partial charge is 0.107 e. The van der Waals surface area contributed by atoms with Gasteiger partial charge in [0.15, 0.2) is 0 Å². The standard InChI is InChI=1S/C13H23NOS/c1-5-11(14)13(15-8-9(2)3)12-7-6-10(4)16-12/h6-7,9,11,13H,5,8,14H2,1-4H3. The highest BCUT2D eigenvalue weighted by Crippen LogP contribution is 2.29. The van der Waals surface area contributed by atoms with Crippen molar-refractivity contribution >= 4 is 11.3 Å². The van der Waals surface area contributed by atoms with Gasteiger partial charge in [0, 0.05) is 22.4 Å². The van der Waals surface area contributed by atoms with E-state index in [-0.39, 0.29) is 12.1 Å².